The molecular formula is C14H20BNO4. The SMILES string of the molecule is CC1(C)OB(c2ccc(C(=O)CO)c(N)c2)OC1(C)C. The lowest BCUT2D eigenvalue weighted by molar-refractivity contribution is 0.00578. The van der Waals surface area contributed by atoms with Crippen molar-refractivity contribution in [2.75, 3.05) is 12.3 Å². The standard InChI is InChI=1S/C14H20BNO4/c1-13(2)14(3,4)20-15(19-13)9-5-6-10(11(16)7-9)12(18)8-17/h5-7,17H,8,16H2,1-4H3. The molecule has 1 saturated heterocycles. The Bertz CT molecular complexity index is 526. The van der Waals surface area contributed by atoms with Crippen LogP contribution in [0.1, 0.15) is 38.1 Å². The molecule has 1 aliphatic rings. The number of carbonyl (C=O) groups is 1. The van der Waals surface area contributed by atoms with Gasteiger partial charge in [-0.25, -0.2) is 0 Å². The third-order valence-corrected chi connectivity index (χ3v) is 4.05. The van der Waals surface area contributed by atoms with Gasteiger partial charge in [0.15, 0.2) is 5.78 Å². The van der Waals surface area contributed by atoms with E-state index in [0.29, 0.717) is 11.3 Å². The second kappa shape index (κ2) is 4.88. The van der Waals surface area contributed by atoms with Crippen LogP contribution >= 0.6 is 0 Å². The Balaban J connectivity index is 2.28. The zero-order valence-electron chi connectivity index (χ0n) is 12.3. The molecule has 0 bridgehead atoms. The first-order valence-corrected chi connectivity index (χ1v) is 6.57. The molecule has 0 radical (unpaired) electrons. The predicted molar refractivity (Wildman–Crippen MR) is 78.0 cm³/mol. The molecule has 2 rings (SSSR count). The first-order chi connectivity index (χ1) is 9.18. The van der Waals surface area contributed by atoms with Crippen molar-refractivity contribution in [3.63, 3.8) is 0 Å². The molecule has 0 spiro atoms. The normalized spacial score (nSPS) is 20.1. The molecule has 1 fully saturated rings. The maximum atomic E-state index is 11.5. The van der Waals surface area contributed by atoms with Crippen LogP contribution in [-0.4, -0.2) is 35.8 Å². The second-order valence-electron chi connectivity index (χ2n) is 6.02. The molecule has 0 aromatic heterocycles. The smallest absolute Gasteiger partial charge is 0.399 e. The van der Waals surface area contributed by atoms with Crippen molar-refractivity contribution in [3.8, 4) is 0 Å². The van der Waals surface area contributed by atoms with Gasteiger partial charge < -0.3 is 20.1 Å². The van der Waals surface area contributed by atoms with Crippen LogP contribution in [0.15, 0.2) is 18.2 Å². The van der Waals surface area contributed by atoms with Gasteiger partial charge in [-0.15, -0.1) is 0 Å². The summed E-state index contributed by atoms with van der Waals surface area (Å²) in [6, 6.07) is 4.99. The van der Waals surface area contributed by atoms with Crippen molar-refractivity contribution in [2.45, 2.75) is 38.9 Å². The Kier molecular flexibility index (Phi) is 3.66. The van der Waals surface area contributed by atoms with Crippen LogP contribution in [0.25, 0.3) is 0 Å². The lowest BCUT2D eigenvalue weighted by Gasteiger charge is -2.32. The van der Waals surface area contributed by atoms with Crippen molar-refractivity contribution < 1.29 is 19.2 Å². The summed E-state index contributed by atoms with van der Waals surface area (Å²) in [5, 5.41) is 8.88. The summed E-state index contributed by atoms with van der Waals surface area (Å²) < 4.78 is 11.8. The maximum Gasteiger partial charge on any atom is 0.494 e. The zero-order valence-corrected chi connectivity index (χ0v) is 12.3. The van der Waals surface area contributed by atoms with Crippen molar-refractivity contribution in [1.82, 2.24) is 0 Å². The van der Waals surface area contributed by atoms with Gasteiger partial charge in [-0.3, -0.25) is 4.79 Å². The number of benzene rings is 1. The van der Waals surface area contributed by atoms with E-state index in [0.717, 1.165) is 5.46 Å². The van der Waals surface area contributed by atoms with E-state index in [9.17, 15) is 4.79 Å². The highest BCUT2D eigenvalue weighted by atomic mass is 16.7. The lowest BCUT2D eigenvalue weighted by Crippen LogP contribution is -2.41. The number of hydrogen-bond acceptors (Lipinski definition) is 5. The van der Waals surface area contributed by atoms with Crippen LogP contribution < -0.4 is 11.2 Å². The molecule has 0 aliphatic carbocycles. The zero-order chi connectivity index (χ0) is 15.1. The number of aliphatic hydroxyl groups is 1. The molecule has 6 heteroatoms. The van der Waals surface area contributed by atoms with E-state index in [2.05, 4.69) is 0 Å². The van der Waals surface area contributed by atoms with Crippen LogP contribution in [0.4, 0.5) is 5.69 Å². The van der Waals surface area contributed by atoms with Gasteiger partial charge in [0, 0.05) is 11.3 Å². The molecule has 0 saturated carbocycles. The number of nitrogen functional groups attached to an aromatic ring is 1. The molecule has 20 heavy (non-hydrogen) atoms. The van der Waals surface area contributed by atoms with Crippen molar-refractivity contribution >= 4 is 24.1 Å². The number of rotatable bonds is 3. The first kappa shape index (κ1) is 15.0. The molecule has 0 atom stereocenters. The first-order valence-electron chi connectivity index (χ1n) is 6.57. The average molecular weight is 277 g/mol. The van der Waals surface area contributed by atoms with Gasteiger partial charge in [0.25, 0.3) is 0 Å². The second-order valence-corrected chi connectivity index (χ2v) is 6.02. The highest BCUT2D eigenvalue weighted by Gasteiger charge is 2.51. The monoisotopic (exact) mass is 277 g/mol. The number of carbonyl (C=O) groups excluding carboxylic acids is 1. The van der Waals surface area contributed by atoms with Gasteiger partial charge in [-0.1, -0.05) is 6.07 Å². The van der Waals surface area contributed by atoms with Crippen LogP contribution in [0.5, 0.6) is 0 Å². The number of hydrogen-bond donors (Lipinski definition) is 2. The van der Waals surface area contributed by atoms with Crippen molar-refractivity contribution in [2.24, 2.45) is 0 Å². The number of anilines is 1. The minimum atomic E-state index is -0.556. The molecule has 108 valence electrons. The van der Waals surface area contributed by atoms with E-state index in [-0.39, 0.29) is 0 Å². The Morgan fingerprint density at radius 1 is 1.25 bits per heavy atom. The molecule has 3 N–H and O–H groups in total. The lowest BCUT2D eigenvalue weighted by atomic mass is 9.78. The van der Waals surface area contributed by atoms with Gasteiger partial charge in [0.2, 0.25) is 0 Å². The van der Waals surface area contributed by atoms with E-state index in [1.165, 1.54) is 0 Å². The average Bonchev–Trinajstić information content (AvgIpc) is 2.57. The molecule has 1 aromatic rings. The van der Waals surface area contributed by atoms with Crippen LogP contribution in [-0.2, 0) is 9.31 Å². The van der Waals surface area contributed by atoms with Gasteiger partial charge in [-0.05, 0) is 45.3 Å². The quantitative estimate of drug-likeness (QED) is 0.484. The summed E-state index contributed by atoms with van der Waals surface area (Å²) in [6.45, 7) is 7.33. The van der Waals surface area contributed by atoms with Gasteiger partial charge in [-0.2, -0.15) is 0 Å². The maximum absolute atomic E-state index is 11.5. The molecule has 1 aliphatic heterocycles. The van der Waals surface area contributed by atoms with Gasteiger partial charge in [0.05, 0.1) is 11.2 Å². The predicted octanol–water partition coefficient (Wildman–Crippen LogP) is 0.743. The topological polar surface area (TPSA) is 81.8 Å². The fourth-order valence-corrected chi connectivity index (χ4v) is 2.05. The fourth-order valence-electron chi connectivity index (χ4n) is 2.05. The highest BCUT2D eigenvalue weighted by molar-refractivity contribution is 6.62. The van der Waals surface area contributed by atoms with E-state index < -0.39 is 30.7 Å². The van der Waals surface area contributed by atoms with E-state index >= 15 is 0 Å². The summed E-state index contributed by atoms with van der Waals surface area (Å²) in [7, 11) is -0.513. The van der Waals surface area contributed by atoms with Crippen LogP contribution in [0.2, 0.25) is 0 Å². The summed E-state index contributed by atoms with van der Waals surface area (Å²) in [5.74, 6) is -0.400. The minimum Gasteiger partial charge on any atom is -0.399 e. The third kappa shape index (κ3) is 2.46. The van der Waals surface area contributed by atoms with Gasteiger partial charge >= 0.3 is 7.12 Å². The van der Waals surface area contributed by atoms with Crippen molar-refractivity contribution in [1.29, 1.82) is 0 Å². The molecule has 1 aromatic carbocycles. The van der Waals surface area contributed by atoms with Crippen molar-refractivity contribution in [3.05, 3.63) is 23.8 Å². The Labute approximate surface area is 119 Å². The molecule has 1 heterocycles. The minimum absolute atomic E-state index is 0.313. The summed E-state index contributed by atoms with van der Waals surface area (Å²) in [4.78, 5) is 11.5. The van der Waals surface area contributed by atoms with Crippen LogP contribution in [0.3, 0.4) is 0 Å². The largest absolute Gasteiger partial charge is 0.494 e. The van der Waals surface area contributed by atoms with E-state index in [1.807, 2.05) is 27.7 Å². The number of nitrogens with two attached hydrogens (primary N) is 1. The molecule has 0 unspecified atom stereocenters. The Morgan fingerprint density at radius 3 is 2.25 bits per heavy atom. The summed E-state index contributed by atoms with van der Waals surface area (Å²) >= 11 is 0. The summed E-state index contributed by atoms with van der Waals surface area (Å²) in [5.41, 5.74) is 6.40. The molecule has 5 nitrogen and oxygen atoms in total. The molecule has 0 amide bonds. The van der Waals surface area contributed by atoms with Crippen LogP contribution in [0, 0.1) is 0 Å². The molecular weight excluding hydrogens is 257 g/mol. The third-order valence-electron chi connectivity index (χ3n) is 4.05. The number of ketones is 1. The Morgan fingerprint density at radius 2 is 1.80 bits per heavy atom. The highest BCUT2D eigenvalue weighted by Crippen LogP contribution is 2.36. The Hall–Kier alpha value is -1.37. The number of aliphatic hydroxyl groups excluding tert-OH is 1. The van der Waals surface area contributed by atoms with E-state index in [1.54, 1.807) is 18.2 Å². The van der Waals surface area contributed by atoms with E-state index in [4.69, 9.17) is 20.1 Å². The van der Waals surface area contributed by atoms with Gasteiger partial charge in [0.1, 0.15) is 6.61 Å². The fraction of sp³-hybridized carbons (Fsp3) is 0.500. The number of Topliss-reactive ketones (excluding diaryl/α,β-unsaturated/α-hetero) is 1. The summed E-state index contributed by atoms with van der Waals surface area (Å²) in [6.07, 6.45) is 0.